The van der Waals surface area contributed by atoms with Gasteiger partial charge in [-0.05, 0) is 32.1 Å². The van der Waals surface area contributed by atoms with E-state index in [0.29, 0.717) is 5.92 Å². The molecule has 4 heteroatoms. The van der Waals surface area contributed by atoms with Crippen molar-refractivity contribution in [2.75, 3.05) is 6.61 Å². The molecule has 2 fully saturated rings. The lowest BCUT2D eigenvalue weighted by Crippen LogP contribution is -2.50. The van der Waals surface area contributed by atoms with E-state index in [1.165, 1.54) is 0 Å². The second-order valence-corrected chi connectivity index (χ2v) is 6.59. The van der Waals surface area contributed by atoms with Crippen LogP contribution in [0.15, 0.2) is 0 Å². The first-order chi connectivity index (χ1) is 9.56. The third kappa shape index (κ3) is 3.17. The number of hydrogen-bond donors (Lipinski definition) is 1. The van der Waals surface area contributed by atoms with Crippen LogP contribution in [0.1, 0.15) is 59.8 Å². The summed E-state index contributed by atoms with van der Waals surface area (Å²) < 4.78 is 5.80. The molecule has 2 aliphatic heterocycles. The number of carbonyl (C=O) groups is 1. The molecule has 2 heterocycles. The van der Waals surface area contributed by atoms with Gasteiger partial charge in [-0.2, -0.15) is 0 Å². The van der Waals surface area contributed by atoms with E-state index in [9.17, 15) is 4.79 Å². The maximum Gasteiger partial charge on any atom is 0.241 e. The molecule has 20 heavy (non-hydrogen) atoms. The summed E-state index contributed by atoms with van der Waals surface area (Å²) in [5, 5.41) is 3.55. The molecule has 0 radical (unpaired) electrons. The summed E-state index contributed by atoms with van der Waals surface area (Å²) >= 11 is 0. The zero-order chi connectivity index (χ0) is 14.7. The summed E-state index contributed by atoms with van der Waals surface area (Å²) in [6.45, 7) is 9.53. The monoisotopic (exact) mass is 282 g/mol. The van der Waals surface area contributed by atoms with Gasteiger partial charge in [0, 0.05) is 6.61 Å². The Kier molecular flexibility index (Phi) is 5.44. The summed E-state index contributed by atoms with van der Waals surface area (Å²) in [7, 11) is 0. The Hall–Kier alpha value is -0.610. The van der Waals surface area contributed by atoms with Gasteiger partial charge in [0.05, 0.1) is 24.4 Å². The van der Waals surface area contributed by atoms with Crippen molar-refractivity contribution in [3.8, 4) is 0 Å². The van der Waals surface area contributed by atoms with E-state index in [-0.39, 0.29) is 30.3 Å². The van der Waals surface area contributed by atoms with E-state index in [4.69, 9.17) is 4.74 Å². The van der Waals surface area contributed by atoms with Crippen molar-refractivity contribution in [3.05, 3.63) is 0 Å². The molecule has 4 unspecified atom stereocenters. The van der Waals surface area contributed by atoms with Gasteiger partial charge in [-0.1, -0.05) is 33.6 Å². The van der Waals surface area contributed by atoms with Crippen LogP contribution in [-0.2, 0) is 9.53 Å². The van der Waals surface area contributed by atoms with Gasteiger partial charge in [-0.15, -0.1) is 0 Å². The van der Waals surface area contributed by atoms with E-state index in [2.05, 4.69) is 37.9 Å². The van der Waals surface area contributed by atoms with Crippen LogP contribution < -0.4 is 5.32 Å². The number of amides is 1. The molecule has 0 bridgehead atoms. The lowest BCUT2D eigenvalue weighted by Gasteiger charge is -2.35. The summed E-state index contributed by atoms with van der Waals surface area (Å²) in [6, 6.07) is 0.183. The molecule has 4 atom stereocenters. The number of unbranched alkanes of at least 4 members (excludes halogenated alkanes) is 1. The van der Waals surface area contributed by atoms with Crippen LogP contribution in [0.3, 0.4) is 0 Å². The molecule has 2 saturated heterocycles. The van der Waals surface area contributed by atoms with Crippen LogP contribution in [0.5, 0.6) is 0 Å². The Labute approximate surface area is 123 Å². The van der Waals surface area contributed by atoms with Crippen molar-refractivity contribution < 1.29 is 9.53 Å². The first-order valence-electron chi connectivity index (χ1n) is 8.26. The first kappa shape index (κ1) is 15.8. The Morgan fingerprint density at radius 3 is 2.70 bits per heavy atom. The molecule has 0 saturated carbocycles. The molecule has 1 amide bonds. The SMILES string of the molecule is CCCCC1NC(C(C)C)N(C(C)C2CCCO2)C1=O. The molecule has 0 aromatic heterocycles. The van der Waals surface area contributed by atoms with Crippen molar-refractivity contribution in [2.24, 2.45) is 5.92 Å². The van der Waals surface area contributed by atoms with Gasteiger partial charge in [-0.3, -0.25) is 10.1 Å². The summed E-state index contributed by atoms with van der Waals surface area (Å²) in [4.78, 5) is 14.8. The minimum Gasteiger partial charge on any atom is -0.376 e. The van der Waals surface area contributed by atoms with Gasteiger partial charge in [0.25, 0.3) is 0 Å². The highest BCUT2D eigenvalue weighted by Crippen LogP contribution is 2.28. The van der Waals surface area contributed by atoms with Crippen molar-refractivity contribution in [3.63, 3.8) is 0 Å². The van der Waals surface area contributed by atoms with E-state index in [1.54, 1.807) is 0 Å². The Morgan fingerprint density at radius 1 is 1.40 bits per heavy atom. The minimum atomic E-state index is 0.00574. The van der Waals surface area contributed by atoms with Crippen molar-refractivity contribution >= 4 is 5.91 Å². The van der Waals surface area contributed by atoms with Crippen LogP contribution in [0.4, 0.5) is 0 Å². The second-order valence-electron chi connectivity index (χ2n) is 6.59. The van der Waals surface area contributed by atoms with Crippen molar-refractivity contribution in [2.45, 2.75) is 84.2 Å². The highest BCUT2D eigenvalue weighted by Gasteiger charge is 2.44. The number of ether oxygens (including phenoxy) is 1. The molecule has 2 rings (SSSR count). The highest BCUT2D eigenvalue weighted by atomic mass is 16.5. The van der Waals surface area contributed by atoms with Crippen LogP contribution in [0.2, 0.25) is 0 Å². The average molecular weight is 282 g/mol. The molecule has 1 N–H and O–H groups in total. The Balaban J connectivity index is 2.08. The predicted molar refractivity (Wildman–Crippen MR) is 80.4 cm³/mol. The predicted octanol–water partition coefficient (Wildman–Crippen LogP) is 2.53. The van der Waals surface area contributed by atoms with Gasteiger partial charge in [0.1, 0.15) is 0 Å². The van der Waals surface area contributed by atoms with Gasteiger partial charge >= 0.3 is 0 Å². The van der Waals surface area contributed by atoms with Crippen LogP contribution in [0, 0.1) is 5.92 Å². The highest BCUT2D eigenvalue weighted by molar-refractivity contribution is 5.84. The lowest BCUT2D eigenvalue weighted by atomic mass is 10.0. The van der Waals surface area contributed by atoms with E-state index in [1.807, 2.05) is 0 Å². The molecule has 0 aromatic carbocycles. The number of hydrogen-bond acceptors (Lipinski definition) is 3. The number of nitrogens with one attached hydrogen (secondary N) is 1. The van der Waals surface area contributed by atoms with Gasteiger partial charge in [-0.25, -0.2) is 0 Å². The summed E-state index contributed by atoms with van der Waals surface area (Å²) in [6.07, 6.45) is 5.77. The quantitative estimate of drug-likeness (QED) is 0.814. The number of nitrogens with zero attached hydrogens (tertiary/aromatic N) is 1. The minimum absolute atomic E-state index is 0.00574. The smallest absolute Gasteiger partial charge is 0.241 e. The molecule has 116 valence electrons. The molecular weight excluding hydrogens is 252 g/mol. The fourth-order valence-corrected chi connectivity index (χ4v) is 3.42. The maximum absolute atomic E-state index is 12.7. The van der Waals surface area contributed by atoms with Crippen molar-refractivity contribution in [1.82, 2.24) is 10.2 Å². The zero-order valence-electron chi connectivity index (χ0n) is 13.4. The Morgan fingerprint density at radius 2 is 2.15 bits per heavy atom. The van der Waals surface area contributed by atoms with E-state index in [0.717, 1.165) is 38.7 Å². The van der Waals surface area contributed by atoms with Crippen LogP contribution in [-0.4, -0.2) is 41.8 Å². The van der Waals surface area contributed by atoms with Gasteiger partial charge in [0.2, 0.25) is 5.91 Å². The Bertz CT molecular complexity index is 326. The van der Waals surface area contributed by atoms with E-state index < -0.39 is 0 Å². The average Bonchev–Trinajstić information content (AvgIpc) is 3.04. The number of rotatable bonds is 6. The third-order valence-corrected chi connectivity index (χ3v) is 4.64. The molecule has 0 spiro atoms. The second kappa shape index (κ2) is 6.90. The normalized spacial score (nSPS) is 32.4. The van der Waals surface area contributed by atoms with Crippen LogP contribution in [0.25, 0.3) is 0 Å². The molecule has 0 aliphatic carbocycles. The summed E-state index contributed by atoms with van der Waals surface area (Å²) in [5.41, 5.74) is 0. The lowest BCUT2D eigenvalue weighted by molar-refractivity contribution is -0.135. The van der Waals surface area contributed by atoms with Crippen LogP contribution >= 0.6 is 0 Å². The first-order valence-corrected chi connectivity index (χ1v) is 8.26. The largest absolute Gasteiger partial charge is 0.376 e. The topological polar surface area (TPSA) is 41.6 Å². The van der Waals surface area contributed by atoms with E-state index >= 15 is 0 Å². The maximum atomic E-state index is 12.7. The fraction of sp³-hybridized carbons (Fsp3) is 0.938. The molecule has 2 aliphatic rings. The summed E-state index contributed by atoms with van der Waals surface area (Å²) in [5.74, 6) is 0.703. The molecular formula is C16H30N2O2. The standard InChI is InChI=1S/C16H30N2O2/c1-5-6-8-13-16(19)18(15(17-13)11(2)3)12(4)14-9-7-10-20-14/h11-15,17H,5-10H2,1-4H3. The van der Waals surface area contributed by atoms with Gasteiger partial charge < -0.3 is 9.64 Å². The molecule has 0 aromatic rings. The molecule has 4 nitrogen and oxygen atoms in total. The van der Waals surface area contributed by atoms with Gasteiger partial charge in [0.15, 0.2) is 0 Å². The zero-order valence-corrected chi connectivity index (χ0v) is 13.4. The fourth-order valence-electron chi connectivity index (χ4n) is 3.42. The van der Waals surface area contributed by atoms with Crippen molar-refractivity contribution in [1.29, 1.82) is 0 Å². The number of carbonyl (C=O) groups excluding carboxylic acids is 1. The third-order valence-electron chi connectivity index (χ3n) is 4.64.